The van der Waals surface area contributed by atoms with Crippen LogP contribution in [0.3, 0.4) is 0 Å². The van der Waals surface area contributed by atoms with Crippen molar-refractivity contribution in [3.8, 4) is 0 Å². The van der Waals surface area contributed by atoms with Crippen LogP contribution in [0, 0.1) is 5.41 Å². The molecule has 0 aromatic heterocycles. The number of carbonyl (C=O) groups excluding carboxylic acids is 3. The zero-order valence-electron chi connectivity index (χ0n) is 15.3. The minimum Gasteiger partial charge on any atom is -0.465 e. The summed E-state index contributed by atoms with van der Waals surface area (Å²) in [5, 5.41) is 0. The fourth-order valence-corrected chi connectivity index (χ4v) is 2.27. The summed E-state index contributed by atoms with van der Waals surface area (Å²) in [5.74, 6) is -1.55. The van der Waals surface area contributed by atoms with E-state index in [1.807, 2.05) is 20.8 Å². The van der Waals surface area contributed by atoms with Crippen molar-refractivity contribution in [2.24, 2.45) is 5.41 Å². The SMILES string of the molecule is CCOC(=O)[C@@](C)(CSC(C)(C)C)C(=O)OC(=O)OC(C)(C)C. The van der Waals surface area contributed by atoms with Gasteiger partial charge in [-0.25, -0.2) is 4.79 Å². The highest BCUT2D eigenvalue weighted by molar-refractivity contribution is 8.00. The van der Waals surface area contributed by atoms with Crippen LogP contribution in [0.25, 0.3) is 0 Å². The molecular formula is C16H28O6S. The minimum atomic E-state index is -1.58. The van der Waals surface area contributed by atoms with Crippen LogP contribution >= 0.6 is 11.8 Å². The maximum Gasteiger partial charge on any atom is 0.516 e. The van der Waals surface area contributed by atoms with Crippen molar-refractivity contribution in [2.45, 2.75) is 65.7 Å². The second-order valence-corrected chi connectivity index (χ2v) is 9.11. The Morgan fingerprint density at radius 2 is 1.43 bits per heavy atom. The van der Waals surface area contributed by atoms with Gasteiger partial charge in [0.15, 0.2) is 5.41 Å². The zero-order chi connectivity index (χ0) is 18.5. The van der Waals surface area contributed by atoms with Crippen LogP contribution in [0.4, 0.5) is 4.79 Å². The first-order valence-corrected chi connectivity index (χ1v) is 8.46. The fraction of sp³-hybridized carbons (Fsp3) is 0.812. The highest BCUT2D eigenvalue weighted by Crippen LogP contribution is 2.33. The normalized spacial score (nSPS) is 14.6. The first-order valence-electron chi connectivity index (χ1n) is 7.48. The maximum atomic E-state index is 12.4. The van der Waals surface area contributed by atoms with Gasteiger partial charge in [0.05, 0.1) is 6.61 Å². The van der Waals surface area contributed by atoms with Gasteiger partial charge in [0, 0.05) is 10.5 Å². The van der Waals surface area contributed by atoms with Crippen LogP contribution in [0.1, 0.15) is 55.4 Å². The van der Waals surface area contributed by atoms with E-state index < -0.39 is 29.1 Å². The molecule has 7 heteroatoms. The lowest BCUT2D eigenvalue weighted by atomic mass is 9.93. The van der Waals surface area contributed by atoms with E-state index in [1.54, 1.807) is 27.7 Å². The summed E-state index contributed by atoms with van der Waals surface area (Å²) in [7, 11) is 0. The molecule has 0 saturated carbocycles. The fourth-order valence-electron chi connectivity index (χ4n) is 1.31. The molecule has 0 rings (SSSR count). The van der Waals surface area contributed by atoms with Gasteiger partial charge in [-0.3, -0.25) is 9.59 Å². The van der Waals surface area contributed by atoms with E-state index in [-0.39, 0.29) is 17.1 Å². The second kappa shape index (κ2) is 8.04. The number of thioether (sulfide) groups is 1. The summed E-state index contributed by atoms with van der Waals surface area (Å²) in [6, 6.07) is 0. The molecule has 0 saturated heterocycles. The number of carbonyl (C=O) groups is 3. The summed E-state index contributed by atoms with van der Waals surface area (Å²) < 4.78 is 14.5. The van der Waals surface area contributed by atoms with Crippen molar-refractivity contribution in [1.82, 2.24) is 0 Å². The molecule has 0 radical (unpaired) electrons. The molecule has 0 aliphatic heterocycles. The topological polar surface area (TPSA) is 78.9 Å². The summed E-state index contributed by atoms with van der Waals surface area (Å²) >= 11 is 1.41. The van der Waals surface area contributed by atoms with Gasteiger partial charge in [0.25, 0.3) is 0 Å². The Morgan fingerprint density at radius 1 is 0.913 bits per heavy atom. The van der Waals surface area contributed by atoms with Gasteiger partial charge in [-0.2, -0.15) is 11.8 Å². The van der Waals surface area contributed by atoms with Crippen LogP contribution in [0.15, 0.2) is 0 Å². The number of ether oxygens (including phenoxy) is 3. The van der Waals surface area contributed by atoms with E-state index in [0.717, 1.165) is 0 Å². The van der Waals surface area contributed by atoms with Crippen molar-refractivity contribution < 1.29 is 28.6 Å². The monoisotopic (exact) mass is 348 g/mol. The molecule has 0 N–H and O–H groups in total. The third-order valence-corrected chi connectivity index (χ3v) is 4.12. The smallest absolute Gasteiger partial charge is 0.465 e. The van der Waals surface area contributed by atoms with Crippen molar-refractivity contribution >= 4 is 29.9 Å². The predicted octanol–water partition coefficient (Wildman–Crippen LogP) is 3.57. The van der Waals surface area contributed by atoms with Gasteiger partial charge < -0.3 is 14.2 Å². The van der Waals surface area contributed by atoms with Crippen LogP contribution in [-0.4, -0.2) is 40.8 Å². The van der Waals surface area contributed by atoms with E-state index in [4.69, 9.17) is 14.2 Å². The second-order valence-electron chi connectivity index (χ2n) is 7.31. The van der Waals surface area contributed by atoms with Crippen molar-refractivity contribution in [3.05, 3.63) is 0 Å². The molecule has 0 fully saturated rings. The lowest BCUT2D eigenvalue weighted by molar-refractivity contribution is -0.167. The molecule has 23 heavy (non-hydrogen) atoms. The molecule has 0 aliphatic rings. The molecule has 0 unspecified atom stereocenters. The molecule has 0 aromatic rings. The van der Waals surface area contributed by atoms with E-state index >= 15 is 0 Å². The molecule has 0 spiro atoms. The molecule has 134 valence electrons. The standard InChI is InChI=1S/C16H28O6S/c1-9-20-11(17)16(8,10-23-15(5,6)7)12(18)21-13(19)22-14(2,3)4/h9-10H2,1-8H3/t16-/m1/s1. The molecule has 0 heterocycles. The average Bonchev–Trinajstić information content (AvgIpc) is 2.32. The number of rotatable bonds is 5. The largest absolute Gasteiger partial charge is 0.516 e. The van der Waals surface area contributed by atoms with Gasteiger partial charge >= 0.3 is 18.1 Å². The molecule has 6 nitrogen and oxygen atoms in total. The Morgan fingerprint density at radius 3 is 1.83 bits per heavy atom. The Kier molecular flexibility index (Phi) is 7.60. The number of esters is 2. The summed E-state index contributed by atoms with van der Waals surface area (Å²) in [6.45, 7) is 14.0. The zero-order valence-corrected chi connectivity index (χ0v) is 16.1. The quantitative estimate of drug-likeness (QED) is 0.555. The van der Waals surface area contributed by atoms with Crippen LogP contribution in [0.2, 0.25) is 0 Å². The lowest BCUT2D eigenvalue weighted by Gasteiger charge is -2.28. The predicted molar refractivity (Wildman–Crippen MR) is 89.3 cm³/mol. The third kappa shape index (κ3) is 8.25. The molecule has 0 bridgehead atoms. The molecule has 0 aromatic carbocycles. The van der Waals surface area contributed by atoms with E-state index in [9.17, 15) is 14.4 Å². The van der Waals surface area contributed by atoms with E-state index in [0.29, 0.717) is 0 Å². The number of hydrogen-bond acceptors (Lipinski definition) is 7. The van der Waals surface area contributed by atoms with Crippen LogP contribution < -0.4 is 0 Å². The van der Waals surface area contributed by atoms with Gasteiger partial charge in [-0.15, -0.1) is 0 Å². The minimum absolute atomic E-state index is 0.133. The van der Waals surface area contributed by atoms with Crippen molar-refractivity contribution in [1.29, 1.82) is 0 Å². The maximum absolute atomic E-state index is 12.4. The Bertz CT molecular complexity index is 446. The molecule has 0 amide bonds. The Hall–Kier alpha value is -1.24. The van der Waals surface area contributed by atoms with Crippen LogP contribution in [0.5, 0.6) is 0 Å². The highest BCUT2D eigenvalue weighted by Gasteiger charge is 2.46. The van der Waals surface area contributed by atoms with Crippen LogP contribution in [-0.2, 0) is 23.8 Å². The Balaban J connectivity index is 5.15. The molecular weight excluding hydrogens is 320 g/mol. The highest BCUT2D eigenvalue weighted by atomic mass is 32.2. The number of hydrogen-bond donors (Lipinski definition) is 0. The van der Waals surface area contributed by atoms with Gasteiger partial charge in [-0.05, 0) is 34.6 Å². The third-order valence-electron chi connectivity index (χ3n) is 2.54. The Labute approximate surface area is 142 Å². The van der Waals surface area contributed by atoms with Crippen molar-refractivity contribution in [3.63, 3.8) is 0 Å². The van der Waals surface area contributed by atoms with E-state index in [1.165, 1.54) is 18.7 Å². The van der Waals surface area contributed by atoms with Gasteiger partial charge in [0.2, 0.25) is 0 Å². The summed E-state index contributed by atoms with van der Waals surface area (Å²) in [4.78, 5) is 36.2. The average molecular weight is 348 g/mol. The first-order chi connectivity index (χ1) is 10.2. The van der Waals surface area contributed by atoms with Crippen molar-refractivity contribution in [2.75, 3.05) is 12.4 Å². The van der Waals surface area contributed by atoms with Gasteiger partial charge in [-0.1, -0.05) is 20.8 Å². The first kappa shape index (κ1) is 21.8. The van der Waals surface area contributed by atoms with Gasteiger partial charge in [0.1, 0.15) is 5.60 Å². The molecule has 1 atom stereocenters. The van der Waals surface area contributed by atoms with E-state index in [2.05, 4.69) is 0 Å². The molecule has 0 aliphatic carbocycles. The summed E-state index contributed by atoms with van der Waals surface area (Å²) in [5.41, 5.74) is -2.37. The lowest BCUT2D eigenvalue weighted by Crippen LogP contribution is -2.43. The summed E-state index contributed by atoms with van der Waals surface area (Å²) in [6.07, 6.45) is -1.13.